The average Bonchev–Trinajstić information content (AvgIpc) is 2.39. The van der Waals surface area contributed by atoms with Crippen LogP contribution in [0.2, 0.25) is 0 Å². The predicted octanol–water partition coefficient (Wildman–Crippen LogP) is 3.59. The van der Waals surface area contributed by atoms with Crippen LogP contribution in [0.1, 0.15) is 35.3 Å². The van der Waals surface area contributed by atoms with Crippen molar-refractivity contribution in [2.75, 3.05) is 6.54 Å². The molecule has 2 nitrogen and oxygen atoms in total. The fourth-order valence-corrected chi connectivity index (χ4v) is 2.45. The van der Waals surface area contributed by atoms with Gasteiger partial charge in [-0.1, -0.05) is 43.3 Å². The summed E-state index contributed by atoms with van der Waals surface area (Å²) in [6.45, 7) is 7.32. The topological polar surface area (TPSA) is 24.9 Å². The summed E-state index contributed by atoms with van der Waals surface area (Å²) in [5.74, 6) is 0. The zero-order valence-corrected chi connectivity index (χ0v) is 12.0. The van der Waals surface area contributed by atoms with Crippen LogP contribution in [0.5, 0.6) is 0 Å². The molecule has 0 aliphatic heterocycles. The molecule has 0 saturated heterocycles. The highest BCUT2D eigenvalue weighted by Gasteiger charge is 2.14. The van der Waals surface area contributed by atoms with E-state index in [9.17, 15) is 0 Å². The summed E-state index contributed by atoms with van der Waals surface area (Å²) in [5, 5.41) is 3.55. The zero-order valence-electron chi connectivity index (χ0n) is 12.0. The predicted molar refractivity (Wildman–Crippen MR) is 80.3 cm³/mol. The van der Waals surface area contributed by atoms with Crippen LogP contribution in [0.3, 0.4) is 0 Å². The van der Waals surface area contributed by atoms with Crippen LogP contribution in [-0.4, -0.2) is 11.5 Å². The van der Waals surface area contributed by atoms with Crippen LogP contribution in [0.4, 0.5) is 0 Å². The van der Waals surface area contributed by atoms with Gasteiger partial charge in [0.25, 0.3) is 0 Å². The number of benzene rings is 1. The zero-order chi connectivity index (χ0) is 13.7. The molecule has 100 valence electrons. The van der Waals surface area contributed by atoms with Gasteiger partial charge in [-0.05, 0) is 43.5 Å². The molecule has 0 spiro atoms. The van der Waals surface area contributed by atoms with Gasteiger partial charge in [-0.2, -0.15) is 0 Å². The Morgan fingerprint density at radius 2 is 1.89 bits per heavy atom. The molecule has 1 aromatic heterocycles. The van der Waals surface area contributed by atoms with Crippen LogP contribution in [0, 0.1) is 13.8 Å². The lowest BCUT2D eigenvalue weighted by Crippen LogP contribution is -2.24. The maximum atomic E-state index is 4.63. The standard InChI is InChI=1S/C17H22N2/c1-4-18-16(11-15-8-6-5-7-9-15)17-14(3)10-13(2)12-19-17/h5-10,12,16,18H,4,11H2,1-3H3. The molecule has 2 rings (SSSR count). The number of likely N-dealkylation sites (N-methyl/N-ethyl adjacent to an activating group) is 1. The molecular formula is C17H22N2. The Morgan fingerprint density at radius 3 is 2.53 bits per heavy atom. The van der Waals surface area contributed by atoms with E-state index in [-0.39, 0.29) is 6.04 Å². The van der Waals surface area contributed by atoms with E-state index in [1.807, 2.05) is 6.20 Å². The average molecular weight is 254 g/mol. The van der Waals surface area contributed by atoms with E-state index in [4.69, 9.17) is 0 Å². The normalized spacial score (nSPS) is 12.4. The van der Waals surface area contributed by atoms with Crippen LogP contribution in [0.15, 0.2) is 42.6 Å². The first-order valence-electron chi connectivity index (χ1n) is 6.91. The molecule has 2 aromatic rings. The maximum Gasteiger partial charge on any atom is 0.0605 e. The van der Waals surface area contributed by atoms with Gasteiger partial charge in [0.15, 0.2) is 0 Å². The number of hydrogen-bond acceptors (Lipinski definition) is 2. The van der Waals surface area contributed by atoms with Gasteiger partial charge in [0.1, 0.15) is 0 Å². The number of nitrogens with zero attached hydrogens (tertiary/aromatic N) is 1. The van der Waals surface area contributed by atoms with Crippen molar-refractivity contribution in [3.8, 4) is 0 Å². The third kappa shape index (κ3) is 3.65. The van der Waals surface area contributed by atoms with E-state index in [0.717, 1.165) is 18.7 Å². The highest BCUT2D eigenvalue weighted by molar-refractivity contribution is 5.27. The summed E-state index contributed by atoms with van der Waals surface area (Å²) < 4.78 is 0. The van der Waals surface area contributed by atoms with Crippen molar-refractivity contribution in [1.29, 1.82) is 0 Å². The van der Waals surface area contributed by atoms with E-state index in [1.165, 1.54) is 16.7 Å². The maximum absolute atomic E-state index is 4.63. The van der Waals surface area contributed by atoms with Crippen LogP contribution in [0.25, 0.3) is 0 Å². The van der Waals surface area contributed by atoms with Crippen LogP contribution >= 0.6 is 0 Å². The molecule has 0 bridgehead atoms. The van der Waals surface area contributed by atoms with Gasteiger partial charge in [0.05, 0.1) is 11.7 Å². The fourth-order valence-electron chi connectivity index (χ4n) is 2.45. The Kier molecular flexibility index (Phi) is 4.69. The smallest absolute Gasteiger partial charge is 0.0605 e. The quantitative estimate of drug-likeness (QED) is 0.882. The van der Waals surface area contributed by atoms with E-state index < -0.39 is 0 Å². The highest BCUT2D eigenvalue weighted by atomic mass is 14.9. The number of rotatable bonds is 5. The molecule has 2 heteroatoms. The van der Waals surface area contributed by atoms with Crippen molar-refractivity contribution in [2.45, 2.75) is 33.2 Å². The summed E-state index contributed by atoms with van der Waals surface area (Å²) >= 11 is 0. The molecule has 0 fully saturated rings. The van der Waals surface area contributed by atoms with Crippen molar-refractivity contribution in [1.82, 2.24) is 10.3 Å². The first-order valence-corrected chi connectivity index (χ1v) is 6.91. The second kappa shape index (κ2) is 6.48. The minimum atomic E-state index is 0.285. The van der Waals surface area contributed by atoms with Crippen molar-refractivity contribution >= 4 is 0 Å². The summed E-state index contributed by atoms with van der Waals surface area (Å²) in [4.78, 5) is 4.63. The van der Waals surface area contributed by atoms with E-state index in [1.54, 1.807) is 0 Å². The molecule has 19 heavy (non-hydrogen) atoms. The number of aromatic nitrogens is 1. The van der Waals surface area contributed by atoms with Gasteiger partial charge in [-0.15, -0.1) is 0 Å². The number of aryl methyl sites for hydroxylation is 2. The molecule has 1 unspecified atom stereocenters. The van der Waals surface area contributed by atoms with Gasteiger partial charge >= 0.3 is 0 Å². The SMILES string of the molecule is CCNC(Cc1ccccc1)c1ncc(C)cc1C. The van der Waals surface area contributed by atoms with Gasteiger partial charge < -0.3 is 5.32 Å². The summed E-state index contributed by atoms with van der Waals surface area (Å²) in [5.41, 5.74) is 4.99. The second-order valence-electron chi connectivity index (χ2n) is 5.01. The Labute approximate surface area is 115 Å². The van der Waals surface area contributed by atoms with Gasteiger partial charge in [0, 0.05) is 6.20 Å². The van der Waals surface area contributed by atoms with Crippen molar-refractivity contribution in [3.63, 3.8) is 0 Å². The van der Waals surface area contributed by atoms with Crippen LogP contribution < -0.4 is 5.32 Å². The molecule has 0 radical (unpaired) electrons. The molecule has 0 amide bonds. The van der Waals surface area contributed by atoms with Crippen molar-refractivity contribution in [3.05, 3.63) is 65.0 Å². The number of nitrogens with one attached hydrogen (secondary N) is 1. The monoisotopic (exact) mass is 254 g/mol. The summed E-state index contributed by atoms with van der Waals surface area (Å²) in [7, 11) is 0. The second-order valence-corrected chi connectivity index (χ2v) is 5.01. The molecule has 0 aliphatic carbocycles. The molecule has 1 N–H and O–H groups in total. The number of pyridine rings is 1. The molecule has 1 atom stereocenters. The summed E-state index contributed by atoms with van der Waals surface area (Å²) in [6.07, 6.45) is 2.93. The molecular weight excluding hydrogens is 232 g/mol. The van der Waals surface area contributed by atoms with E-state index in [2.05, 4.69) is 67.5 Å². The van der Waals surface area contributed by atoms with Crippen molar-refractivity contribution in [2.24, 2.45) is 0 Å². The Morgan fingerprint density at radius 1 is 1.16 bits per heavy atom. The van der Waals surface area contributed by atoms with E-state index in [0.29, 0.717) is 0 Å². The molecule has 1 aromatic carbocycles. The lowest BCUT2D eigenvalue weighted by molar-refractivity contribution is 0.533. The van der Waals surface area contributed by atoms with Crippen molar-refractivity contribution < 1.29 is 0 Å². The minimum absolute atomic E-state index is 0.285. The number of hydrogen-bond donors (Lipinski definition) is 1. The lowest BCUT2D eigenvalue weighted by atomic mass is 9.99. The third-order valence-electron chi connectivity index (χ3n) is 3.32. The van der Waals surface area contributed by atoms with Gasteiger partial charge in [-0.25, -0.2) is 0 Å². The minimum Gasteiger partial charge on any atom is -0.309 e. The van der Waals surface area contributed by atoms with E-state index >= 15 is 0 Å². The first-order chi connectivity index (χ1) is 9.20. The fraction of sp³-hybridized carbons (Fsp3) is 0.353. The third-order valence-corrected chi connectivity index (χ3v) is 3.32. The molecule has 0 saturated carbocycles. The molecule has 0 aliphatic rings. The Bertz CT molecular complexity index is 520. The Hall–Kier alpha value is -1.67. The highest BCUT2D eigenvalue weighted by Crippen LogP contribution is 2.20. The lowest BCUT2D eigenvalue weighted by Gasteiger charge is -2.19. The largest absolute Gasteiger partial charge is 0.309 e. The van der Waals surface area contributed by atoms with Gasteiger partial charge in [0.2, 0.25) is 0 Å². The molecule has 1 heterocycles. The van der Waals surface area contributed by atoms with Crippen LogP contribution in [-0.2, 0) is 6.42 Å². The summed E-state index contributed by atoms with van der Waals surface area (Å²) in [6, 6.07) is 13.1. The first kappa shape index (κ1) is 13.8. The Balaban J connectivity index is 2.24. The van der Waals surface area contributed by atoms with Gasteiger partial charge in [-0.3, -0.25) is 4.98 Å².